The molecule has 1 saturated heterocycles. The van der Waals surface area contributed by atoms with Crippen molar-refractivity contribution in [1.29, 1.82) is 0 Å². The van der Waals surface area contributed by atoms with Gasteiger partial charge in [0.25, 0.3) is 0 Å². The van der Waals surface area contributed by atoms with E-state index in [2.05, 4.69) is 4.90 Å². The number of amides is 2. The number of likely N-dealkylation sites (N-methyl/N-ethyl adjacent to an activating group) is 1. The van der Waals surface area contributed by atoms with Crippen LogP contribution in [0.5, 0.6) is 0 Å². The summed E-state index contributed by atoms with van der Waals surface area (Å²) in [5.41, 5.74) is -0.472. The molecule has 1 atom stereocenters. The Morgan fingerprint density at radius 2 is 1.83 bits per heavy atom. The molecule has 0 saturated carbocycles. The predicted molar refractivity (Wildman–Crippen MR) is 96.0 cm³/mol. The van der Waals surface area contributed by atoms with Crippen LogP contribution in [0.15, 0.2) is 0 Å². The molecule has 0 radical (unpaired) electrons. The van der Waals surface area contributed by atoms with Crippen molar-refractivity contribution in [3.63, 3.8) is 0 Å². The van der Waals surface area contributed by atoms with Gasteiger partial charge in [0, 0.05) is 33.2 Å². The van der Waals surface area contributed by atoms with Crippen molar-refractivity contribution in [3.8, 4) is 0 Å². The maximum Gasteiger partial charge on any atom is 0.410 e. The zero-order valence-electron chi connectivity index (χ0n) is 16.3. The van der Waals surface area contributed by atoms with Gasteiger partial charge in [0.05, 0.1) is 6.54 Å². The van der Waals surface area contributed by atoms with E-state index in [0.29, 0.717) is 19.0 Å². The number of carbonyl (C=O) groups excluding carboxylic acids is 2. The molecule has 2 amide bonds. The Morgan fingerprint density at radius 3 is 2.38 bits per heavy atom. The van der Waals surface area contributed by atoms with Crippen molar-refractivity contribution < 1.29 is 14.3 Å². The fourth-order valence-corrected chi connectivity index (χ4v) is 3.11. The van der Waals surface area contributed by atoms with Crippen molar-refractivity contribution in [2.75, 3.05) is 46.3 Å². The molecule has 0 aliphatic carbocycles. The number of likely N-dealkylation sites (tertiary alicyclic amines) is 1. The number of hydrogen-bond donors (Lipinski definition) is 0. The van der Waals surface area contributed by atoms with Crippen molar-refractivity contribution >= 4 is 12.0 Å². The van der Waals surface area contributed by atoms with Gasteiger partial charge in [0.2, 0.25) is 5.91 Å². The summed E-state index contributed by atoms with van der Waals surface area (Å²) in [5, 5.41) is 0. The average Bonchev–Trinajstić information content (AvgIpc) is 2.47. The third kappa shape index (κ3) is 7.07. The van der Waals surface area contributed by atoms with E-state index in [0.717, 1.165) is 39.0 Å². The summed E-state index contributed by atoms with van der Waals surface area (Å²) >= 11 is 0. The van der Waals surface area contributed by atoms with Gasteiger partial charge in [-0.1, -0.05) is 0 Å². The third-order valence-electron chi connectivity index (χ3n) is 4.32. The Balaban J connectivity index is 2.48. The molecular weight excluding hydrogens is 306 g/mol. The van der Waals surface area contributed by atoms with Gasteiger partial charge >= 0.3 is 6.09 Å². The molecule has 1 rings (SSSR count). The van der Waals surface area contributed by atoms with Crippen molar-refractivity contribution in [3.05, 3.63) is 0 Å². The van der Waals surface area contributed by atoms with E-state index >= 15 is 0 Å². The highest BCUT2D eigenvalue weighted by molar-refractivity contribution is 5.78. The van der Waals surface area contributed by atoms with Crippen LogP contribution in [0.3, 0.4) is 0 Å². The Labute approximate surface area is 147 Å². The molecule has 0 aromatic heterocycles. The van der Waals surface area contributed by atoms with Crippen molar-refractivity contribution in [2.24, 2.45) is 5.92 Å². The standard InChI is InChI=1S/C18H35N3O3/c1-7-21(8-2)16(22)14-20-11-9-10-15(13-20)12-19(6)17(23)24-18(3,4)5/h15H,7-14H2,1-6H3. The summed E-state index contributed by atoms with van der Waals surface area (Å²) in [7, 11) is 1.79. The molecule has 0 aromatic carbocycles. The molecule has 140 valence electrons. The van der Waals surface area contributed by atoms with Gasteiger partial charge in [0.1, 0.15) is 5.60 Å². The van der Waals surface area contributed by atoms with Gasteiger partial charge in [-0.25, -0.2) is 4.79 Å². The van der Waals surface area contributed by atoms with Crippen LogP contribution in [0.4, 0.5) is 4.79 Å². The zero-order valence-corrected chi connectivity index (χ0v) is 16.3. The van der Waals surface area contributed by atoms with Crippen LogP contribution < -0.4 is 0 Å². The lowest BCUT2D eigenvalue weighted by atomic mass is 9.97. The van der Waals surface area contributed by atoms with E-state index in [9.17, 15) is 9.59 Å². The molecule has 1 aliphatic heterocycles. The third-order valence-corrected chi connectivity index (χ3v) is 4.32. The highest BCUT2D eigenvalue weighted by atomic mass is 16.6. The van der Waals surface area contributed by atoms with E-state index in [1.54, 1.807) is 11.9 Å². The normalized spacial score (nSPS) is 19.0. The van der Waals surface area contributed by atoms with E-state index in [1.165, 1.54) is 0 Å². The van der Waals surface area contributed by atoms with E-state index in [4.69, 9.17) is 4.74 Å². The maximum absolute atomic E-state index is 12.3. The number of piperidine rings is 1. The molecule has 0 N–H and O–H groups in total. The minimum Gasteiger partial charge on any atom is -0.444 e. The fourth-order valence-electron chi connectivity index (χ4n) is 3.11. The van der Waals surface area contributed by atoms with Gasteiger partial charge in [-0.05, 0) is 59.9 Å². The molecule has 24 heavy (non-hydrogen) atoms. The summed E-state index contributed by atoms with van der Waals surface area (Å²) in [6, 6.07) is 0. The second kappa shape index (κ2) is 9.25. The van der Waals surface area contributed by atoms with Gasteiger partial charge in [-0.2, -0.15) is 0 Å². The second-order valence-corrected chi connectivity index (χ2v) is 7.67. The number of ether oxygens (including phenoxy) is 1. The van der Waals surface area contributed by atoms with E-state index in [1.807, 2.05) is 39.5 Å². The molecule has 1 aliphatic rings. The highest BCUT2D eigenvalue weighted by Gasteiger charge is 2.26. The average molecular weight is 341 g/mol. The van der Waals surface area contributed by atoms with Crippen molar-refractivity contribution in [2.45, 2.75) is 53.1 Å². The van der Waals surface area contributed by atoms with Crippen LogP contribution in [-0.2, 0) is 9.53 Å². The Hall–Kier alpha value is -1.30. The molecular formula is C18H35N3O3. The van der Waals surface area contributed by atoms with Crippen LogP contribution >= 0.6 is 0 Å². The lowest BCUT2D eigenvalue weighted by Gasteiger charge is -2.35. The number of rotatable bonds is 6. The van der Waals surface area contributed by atoms with Crippen LogP contribution in [0.25, 0.3) is 0 Å². The first-order chi connectivity index (χ1) is 11.2. The predicted octanol–water partition coefficient (Wildman–Crippen LogP) is 2.43. The van der Waals surface area contributed by atoms with E-state index in [-0.39, 0.29) is 12.0 Å². The molecule has 0 bridgehead atoms. The van der Waals surface area contributed by atoms with Gasteiger partial charge in [-0.15, -0.1) is 0 Å². The SMILES string of the molecule is CCN(CC)C(=O)CN1CCCC(CN(C)C(=O)OC(C)(C)C)C1. The lowest BCUT2D eigenvalue weighted by molar-refractivity contribution is -0.132. The van der Waals surface area contributed by atoms with Gasteiger partial charge in [0.15, 0.2) is 0 Å². The molecule has 0 spiro atoms. The molecule has 0 aromatic rings. The van der Waals surface area contributed by atoms with Gasteiger partial charge < -0.3 is 14.5 Å². The monoisotopic (exact) mass is 341 g/mol. The first-order valence-electron chi connectivity index (χ1n) is 9.10. The summed E-state index contributed by atoms with van der Waals surface area (Å²) in [5.74, 6) is 0.585. The van der Waals surface area contributed by atoms with Crippen LogP contribution in [0.1, 0.15) is 47.5 Å². The molecule has 1 unspecified atom stereocenters. The quantitative estimate of drug-likeness (QED) is 0.744. The van der Waals surface area contributed by atoms with Crippen LogP contribution in [0, 0.1) is 5.92 Å². The Morgan fingerprint density at radius 1 is 1.21 bits per heavy atom. The molecule has 1 fully saturated rings. The maximum atomic E-state index is 12.3. The Bertz CT molecular complexity index is 416. The highest BCUT2D eigenvalue weighted by Crippen LogP contribution is 2.18. The number of hydrogen-bond acceptors (Lipinski definition) is 4. The second-order valence-electron chi connectivity index (χ2n) is 7.67. The van der Waals surface area contributed by atoms with E-state index < -0.39 is 5.60 Å². The summed E-state index contributed by atoms with van der Waals surface area (Å²) in [6.45, 7) is 14.1. The largest absolute Gasteiger partial charge is 0.444 e. The topological polar surface area (TPSA) is 53.1 Å². The summed E-state index contributed by atoms with van der Waals surface area (Å²) < 4.78 is 5.41. The first kappa shape index (κ1) is 20.7. The van der Waals surface area contributed by atoms with Gasteiger partial charge in [-0.3, -0.25) is 9.69 Å². The molecule has 6 nitrogen and oxygen atoms in total. The lowest BCUT2D eigenvalue weighted by Crippen LogP contribution is -2.46. The zero-order chi connectivity index (χ0) is 18.3. The summed E-state index contributed by atoms with van der Waals surface area (Å²) in [4.78, 5) is 30.1. The van der Waals surface area contributed by atoms with Crippen LogP contribution in [-0.4, -0.2) is 78.6 Å². The smallest absolute Gasteiger partial charge is 0.410 e. The molecule has 6 heteroatoms. The summed E-state index contributed by atoms with van der Waals surface area (Å²) in [6.07, 6.45) is 1.88. The minimum absolute atomic E-state index is 0.196. The number of nitrogens with zero attached hydrogens (tertiary/aromatic N) is 3. The number of carbonyl (C=O) groups is 2. The first-order valence-corrected chi connectivity index (χ1v) is 9.10. The fraction of sp³-hybridized carbons (Fsp3) is 0.889. The molecule has 1 heterocycles. The van der Waals surface area contributed by atoms with Crippen molar-refractivity contribution in [1.82, 2.24) is 14.7 Å². The minimum atomic E-state index is -0.472. The Kier molecular flexibility index (Phi) is 8.00. The van der Waals surface area contributed by atoms with Crippen LogP contribution in [0.2, 0.25) is 0 Å².